The van der Waals surface area contributed by atoms with Crippen molar-refractivity contribution < 1.29 is 4.81 Å². The Bertz CT molecular complexity index is 1820. The number of aryl methyl sites for hydroxylation is 1. The number of aliphatic imine (C=N–C) groups is 1. The SMILES string of the molecule is Cc1ccc(N=C2S[C@@]34[N-][N+](c5ccccc5)=N[C@@]3(c3ccccc3-c3ccccc34)N2c2ccccc2)cc1. The maximum Gasteiger partial charge on any atom is 0.225 e. The molecule has 1 aliphatic carbocycles. The summed E-state index contributed by atoms with van der Waals surface area (Å²) >= 11 is 1.68. The lowest BCUT2D eigenvalue weighted by Gasteiger charge is -2.47. The van der Waals surface area contributed by atoms with Crippen LogP contribution in [-0.2, 0) is 10.5 Å². The summed E-state index contributed by atoms with van der Waals surface area (Å²) in [4.78, 5) is 8.61. The van der Waals surface area contributed by atoms with E-state index >= 15 is 0 Å². The van der Waals surface area contributed by atoms with E-state index < -0.39 is 10.5 Å². The minimum absolute atomic E-state index is 0.798. The van der Waals surface area contributed by atoms with E-state index in [9.17, 15) is 0 Å². The van der Waals surface area contributed by atoms with Gasteiger partial charge in [-0.1, -0.05) is 114 Å². The Morgan fingerprint density at radius 1 is 0.700 bits per heavy atom. The van der Waals surface area contributed by atoms with Crippen molar-refractivity contribution in [3.63, 3.8) is 0 Å². The van der Waals surface area contributed by atoms with Crippen molar-refractivity contribution >= 4 is 34.0 Å². The molecule has 0 amide bonds. The average molecular weight is 536 g/mol. The molecule has 1 saturated heterocycles. The Kier molecular flexibility index (Phi) is 5.03. The van der Waals surface area contributed by atoms with Gasteiger partial charge in [-0.3, -0.25) is 0 Å². The summed E-state index contributed by atoms with van der Waals surface area (Å²) < 4.78 is 0. The summed E-state index contributed by atoms with van der Waals surface area (Å²) in [7, 11) is 0. The van der Waals surface area contributed by atoms with E-state index in [1.54, 1.807) is 11.8 Å². The second kappa shape index (κ2) is 8.66. The summed E-state index contributed by atoms with van der Waals surface area (Å²) in [5.41, 5.74) is 13.2. The fourth-order valence-electron chi connectivity index (χ4n) is 6.08. The lowest BCUT2D eigenvalue weighted by molar-refractivity contribution is -0.455. The largest absolute Gasteiger partial charge is 0.304 e. The molecule has 192 valence electrons. The highest BCUT2D eigenvalue weighted by atomic mass is 32.2. The third-order valence-corrected chi connectivity index (χ3v) is 9.18. The molecular formula is C34H25N5S. The van der Waals surface area contributed by atoms with E-state index in [2.05, 4.69) is 121 Å². The average Bonchev–Trinajstić information content (AvgIpc) is 3.50. The van der Waals surface area contributed by atoms with Crippen molar-refractivity contribution in [2.24, 2.45) is 10.1 Å². The molecule has 0 saturated carbocycles. The number of amidine groups is 1. The minimum atomic E-state index is -0.899. The summed E-state index contributed by atoms with van der Waals surface area (Å²) in [6, 6.07) is 46.3. The van der Waals surface area contributed by atoms with Crippen LogP contribution < -0.4 is 4.90 Å². The number of thioether (sulfide) groups is 1. The molecule has 5 nitrogen and oxygen atoms in total. The first kappa shape index (κ1) is 23.2. The van der Waals surface area contributed by atoms with Gasteiger partial charge in [-0.2, -0.15) is 10.5 Å². The number of benzene rings is 5. The molecule has 40 heavy (non-hydrogen) atoms. The van der Waals surface area contributed by atoms with Crippen molar-refractivity contribution in [3.05, 3.63) is 156 Å². The maximum atomic E-state index is 5.56. The normalized spacial score (nSPS) is 23.1. The Balaban J connectivity index is 1.49. The summed E-state index contributed by atoms with van der Waals surface area (Å²) in [5.74, 6) is 0. The predicted molar refractivity (Wildman–Crippen MR) is 162 cm³/mol. The lowest BCUT2D eigenvalue weighted by atomic mass is 9.74. The number of hydrogen-bond acceptors (Lipinski definition) is 3. The topological polar surface area (TPSA) is 45.1 Å². The highest BCUT2D eigenvalue weighted by molar-refractivity contribution is 8.15. The Hall–Kier alpha value is -4.68. The van der Waals surface area contributed by atoms with Gasteiger partial charge >= 0.3 is 0 Å². The van der Waals surface area contributed by atoms with Crippen LogP contribution in [0.25, 0.3) is 16.6 Å². The van der Waals surface area contributed by atoms with Crippen molar-refractivity contribution in [2.45, 2.75) is 17.5 Å². The number of para-hydroxylation sites is 2. The van der Waals surface area contributed by atoms with Crippen molar-refractivity contribution in [1.82, 2.24) is 0 Å². The van der Waals surface area contributed by atoms with Gasteiger partial charge in [0, 0.05) is 17.8 Å². The van der Waals surface area contributed by atoms with Gasteiger partial charge < -0.3 is 4.90 Å². The fourth-order valence-corrected chi connectivity index (χ4v) is 7.61. The van der Waals surface area contributed by atoms with E-state index in [0.29, 0.717) is 0 Å². The molecule has 0 spiro atoms. The van der Waals surface area contributed by atoms with Gasteiger partial charge in [0.2, 0.25) is 5.69 Å². The molecule has 0 unspecified atom stereocenters. The molecule has 2 heterocycles. The molecule has 1 fully saturated rings. The fraction of sp³-hybridized carbons (Fsp3) is 0.0882. The molecule has 2 atom stereocenters. The smallest absolute Gasteiger partial charge is 0.225 e. The van der Waals surface area contributed by atoms with Gasteiger partial charge in [0.25, 0.3) is 0 Å². The van der Waals surface area contributed by atoms with Gasteiger partial charge in [-0.05, 0) is 53.4 Å². The standard InChI is InChI=1S/C34H25N5S/c1-24-20-22-25(23-21-24)35-32-38(26-12-4-2-5-13-26)33-30-18-10-8-16-28(30)29-17-9-11-19-31(29)34(33,40-32)37-39(36-33)27-14-6-3-7-15-27/h2-23H,1H3/t33-,34+/m0/s1. The second-order valence-electron chi connectivity index (χ2n) is 10.2. The number of hydrogen-bond donors (Lipinski definition) is 0. The van der Waals surface area contributed by atoms with Crippen LogP contribution in [0.15, 0.2) is 144 Å². The molecule has 6 heteroatoms. The van der Waals surface area contributed by atoms with Crippen LogP contribution in [0.2, 0.25) is 0 Å². The zero-order valence-corrected chi connectivity index (χ0v) is 22.7. The summed E-state index contributed by atoms with van der Waals surface area (Å²) in [6.45, 7) is 2.10. The van der Waals surface area contributed by atoms with Crippen LogP contribution in [0.4, 0.5) is 17.1 Å². The first-order valence-electron chi connectivity index (χ1n) is 13.4. The minimum Gasteiger partial charge on any atom is -0.304 e. The first-order valence-corrected chi connectivity index (χ1v) is 14.2. The van der Waals surface area contributed by atoms with Gasteiger partial charge in [0.05, 0.1) is 5.69 Å². The van der Waals surface area contributed by atoms with Crippen molar-refractivity contribution in [2.75, 3.05) is 4.90 Å². The van der Waals surface area contributed by atoms with Gasteiger partial charge in [0.1, 0.15) is 4.87 Å². The molecule has 2 aliphatic heterocycles. The van der Waals surface area contributed by atoms with Crippen LogP contribution in [0, 0.1) is 6.92 Å². The van der Waals surface area contributed by atoms with Crippen LogP contribution in [-0.4, -0.2) is 9.97 Å². The molecule has 0 bridgehead atoms. The maximum absolute atomic E-state index is 5.56. The van der Waals surface area contributed by atoms with Gasteiger partial charge in [-0.15, -0.1) is 4.81 Å². The molecule has 5 aromatic rings. The Morgan fingerprint density at radius 2 is 1.30 bits per heavy atom. The highest BCUT2D eigenvalue weighted by Crippen LogP contribution is 2.72. The van der Waals surface area contributed by atoms with E-state index in [0.717, 1.165) is 33.4 Å². The molecule has 0 radical (unpaired) electrons. The number of azo groups is 1. The lowest BCUT2D eigenvalue weighted by Crippen LogP contribution is -2.52. The molecule has 0 aromatic heterocycles. The number of anilines is 1. The van der Waals surface area contributed by atoms with Crippen LogP contribution in [0.5, 0.6) is 0 Å². The molecule has 3 aliphatic rings. The van der Waals surface area contributed by atoms with Crippen molar-refractivity contribution in [3.8, 4) is 11.1 Å². The highest BCUT2D eigenvalue weighted by Gasteiger charge is 2.70. The Morgan fingerprint density at radius 3 is 2.02 bits per heavy atom. The quantitative estimate of drug-likeness (QED) is 0.216. The van der Waals surface area contributed by atoms with E-state index in [1.807, 2.05) is 29.1 Å². The second-order valence-corrected chi connectivity index (χ2v) is 11.4. The predicted octanol–water partition coefficient (Wildman–Crippen LogP) is 9.02. The first-order chi connectivity index (χ1) is 19.7. The van der Waals surface area contributed by atoms with E-state index in [1.165, 1.54) is 16.7 Å². The summed E-state index contributed by atoms with van der Waals surface area (Å²) in [6.07, 6.45) is 0. The summed E-state index contributed by atoms with van der Waals surface area (Å²) in [5, 5.41) is 6.42. The van der Waals surface area contributed by atoms with Gasteiger partial charge in [-0.25, -0.2) is 4.99 Å². The van der Waals surface area contributed by atoms with E-state index in [-0.39, 0.29) is 0 Å². The molecule has 8 rings (SSSR count). The third-order valence-electron chi connectivity index (χ3n) is 7.85. The van der Waals surface area contributed by atoms with Crippen LogP contribution in [0.3, 0.4) is 0 Å². The monoisotopic (exact) mass is 535 g/mol. The Labute approximate surface area is 237 Å². The molecular weight excluding hydrogens is 510 g/mol. The van der Waals surface area contributed by atoms with Crippen LogP contribution >= 0.6 is 11.8 Å². The zero-order chi connectivity index (χ0) is 26.7. The number of nitrogens with zero attached hydrogens (tertiary/aromatic N) is 5. The third kappa shape index (κ3) is 3.14. The molecule has 0 N–H and O–H groups in total. The number of rotatable bonds is 3. The number of fused-ring (bicyclic) bond motifs is 3. The zero-order valence-electron chi connectivity index (χ0n) is 21.8. The molecule has 5 aromatic carbocycles. The van der Waals surface area contributed by atoms with Gasteiger partial charge in [0.15, 0.2) is 10.8 Å². The van der Waals surface area contributed by atoms with Crippen LogP contribution in [0.1, 0.15) is 16.7 Å². The van der Waals surface area contributed by atoms with E-state index in [4.69, 9.17) is 15.5 Å². The van der Waals surface area contributed by atoms with Crippen molar-refractivity contribution in [1.29, 1.82) is 0 Å².